The number of aliphatic hydroxyl groups excluding tert-OH is 1. The van der Waals surface area contributed by atoms with Gasteiger partial charge in [0, 0.05) is 0 Å². The zero-order chi connectivity index (χ0) is 7.73. The Hall–Kier alpha value is -0.0800. The highest BCUT2D eigenvalue weighted by Gasteiger charge is 2.54. The van der Waals surface area contributed by atoms with Gasteiger partial charge in [-0.05, 0) is 12.8 Å². The standard InChI is InChI=1S/C9H16O2/c10-7-8-9(11-8)5-3-1-2-4-6-9/h8,10H,1-7H2. The Balaban J connectivity index is 1.92. The van der Waals surface area contributed by atoms with Gasteiger partial charge in [0.05, 0.1) is 12.2 Å². The molecule has 0 radical (unpaired) electrons. The third-order valence-electron chi connectivity index (χ3n) is 3.02. The first kappa shape index (κ1) is 7.56. The quantitative estimate of drug-likeness (QED) is 0.583. The fourth-order valence-corrected chi connectivity index (χ4v) is 2.22. The van der Waals surface area contributed by atoms with Gasteiger partial charge in [-0.1, -0.05) is 25.7 Å². The van der Waals surface area contributed by atoms with Crippen molar-refractivity contribution in [2.75, 3.05) is 6.61 Å². The van der Waals surface area contributed by atoms with Crippen molar-refractivity contribution in [1.82, 2.24) is 0 Å². The fourth-order valence-electron chi connectivity index (χ4n) is 2.22. The van der Waals surface area contributed by atoms with E-state index in [1.165, 1.54) is 38.5 Å². The van der Waals surface area contributed by atoms with Crippen LogP contribution >= 0.6 is 0 Å². The fraction of sp³-hybridized carbons (Fsp3) is 1.00. The van der Waals surface area contributed by atoms with Gasteiger partial charge in [0.1, 0.15) is 6.10 Å². The number of ether oxygens (including phenoxy) is 1. The number of aliphatic hydroxyl groups is 1. The summed E-state index contributed by atoms with van der Waals surface area (Å²) in [6, 6.07) is 0. The summed E-state index contributed by atoms with van der Waals surface area (Å²) in [5, 5.41) is 8.89. The summed E-state index contributed by atoms with van der Waals surface area (Å²) in [4.78, 5) is 0. The first-order valence-corrected chi connectivity index (χ1v) is 4.66. The highest BCUT2D eigenvalue weighted by atomic mass is 16.6. The van der Waals surface area contributed by atoms with E-state index in [0.29, 0.717) is 0 Å². The van der Waals surface area contributed by atoms with Gasteiger partial charge in [0.15, 0.2) is 0 Å². The minimum Gasteiger partial charge on any atom is -0.394 e. The molecule has 64 valence electrons. The smallest absolute Gasteiger partial charge is 0.110 e. The molecule has 1 N–H and O–H groups in total. The molecule has 0 bridgehead atoms. The molecule has 1 spiro atoms. The van der Waals surface area contributed by atoms with E-state index in [9.17, 15) is 0 Å². The molecule has 11 heavy (non-hydrogen) atoms. The van der Waals surface area contributed by atoms with Gasteiger partial charge in [-0.3, -0.25) is 0 Å². The van der Waals surface area contributed by atoms with Crippen molar-refractivity contribution in [3.8, 4) is 0 Å². The highest BCUT2D eigenvalue weighted by molar-refractivity contribution is 5.02. The normalized spacial score (nSPS) is 35.2. The Morgan fingerprint density at radius 1 is 1.18 bits per heavy atom. The van der Waals surface area contributed by atoms with Crippen LogP contribution in [0.1, 0.15) is 38.5 Å². The maximum absolute atomic E-state index is 8.89. The molecule has 1 heterocycles. The molecule has 1 saturated heterocycles. The summed E-state index contributed by atoms with van der Waals surface area (Å²) in [6.45, 7) is 0.222. The molecule has 0 aromatic rings. The Morgan fingerprint density at radius 3 is 2.27 bits per heavy atom. The average molecular weight is 156 g/mol. The van der Waals surface area contributed by atoms with Crippen LogP contribution in [0.5, 0.6) is 0 Å². The minimum absolute atomic E-state index is 0.130. The lowest BCUT2D eigenvalue weighted by atomic mass is 9.97. The number of hydrogen-bond donors (Lipinski definition) is 1. The molecule has 0 amide bonds. The summed E-state index contributed by atoms with van der Waals surface area (Å²) in [5.74, 6) is 0. The molecule has 2 aliphatic rings. The van der Waals surface area contributed by atoms with Crippen LogP contribution in [-0.2, 0) is 4.74 Å². The molecule has 2 heteroatoms. The molecule has 1 aliphatic heterocycles. The van der Waals surface area contributed by atoms with Crippen molar-refractivity contribution in [3.63, 3.8) is 0 Å². The molecule has 2 nitrogen and oxygen atoms in total. The summed E-state index contributed by atoms with van der Waals surface area (Å²) in [7, 11) is 0. The molecule has 2 rings (SSSR count). The van der Waals surface area contributed by atoms with Crippen LogP contribution in [0.3, 0.4) is 0 Å². The molecular formula is C9H16O2. The summed E-state index contributed by atoms with van der Waals surface area (Å²) >= 11 is 0. The van der Waals surface area contributed by atoms with Gasteiger partial charge < -0.3 is 9.84 Å². The molecule has 1 aliphatic carbocycles. The van der Waals surface area contributed by atoms with Crippen LogP contribution < -0.4 is 0 Å². The van der Waals surface area contributed by atoms with Gasteiger partial charge in [0.2, 0.25) is 0 Å². The van der Waals surface area contributed by atoms with Gasteiger partial charge in [-0.2, -0.15) is 0 Å². The topological polar surface area (TPSA) is 32.8 Å². The van der Waals surface area contributed by atoms with Gasteiger partial charge >= 0.3 is 0 Å². The maximum Gasteiger partial charge on any atom is 0.110 e. The molecule has 1 saturated carbocycles. The van der Waals surface area contributed by atoms with E-state index in [0.717, 1.165) is 0 Å². The molecule has 1 atom stereocenters. The Kier molecular flexibility index (Phi) is 1.90. The predicted octanol–water partition coefficient (Wildman–Crippen LogP) is 1.47. The van der Waals surface area contributed by atoms with Crippen molar-refractivity contribution in [3.05, 3.63) is 0 Å². The minimum atomic E-state index is 0.130. The summed E-state index contributed by atoms with van der Waals surface area (Å²) in [5.41, 5.74) is 0.130. The van der Waals surface area contributed by atoms with Gasteiger partial charge in [-0.25, -0.2) is 0 Å². The zero-order valence-electron chi connectivity index (χ0n) is 6.88. The van der Waals surface area contributed by atoms with E-state index in [1.807, 2.05) is 0 Å². The maximum atomic E-state index is 8.89. The lowest BCUT2D eigenvalue weighted by Crippen LogP contribution is -2.15. The number of epoxide rings is 1. The van der Waals surface area contributed by atoms with E-state index in [4.69, 9.17) is 9.84 Å². The van der Waals surface area contributed by atoms with Crippen LogP contribution in [0.15, 0.2) is 0 Å². The van der Waals surface area contributed by atoms with Crippen LogP contribution in [-0.4, -0.2) is 23.4 Å². The second kappa shape index (κ2) is 2.76. The number of rotatable bonds is 1. The van der Waals surface area contributed by atoms with Crippen molar-refractivity contribution in [1.29, 1.82) is 0 Å². The second-order valence-corrected chi connectivity index (χ2v) is 3.77. The average Bonchev–Trinajstić information content (AvgIpc) is 2.76. The zero-order valence-corrected chi connectivity index (χ0v) is 6.88. The van der Waals surface area contributed by atoms with Crippen molar-refractivity contribution in [2.24, 2.45) is 0 Å². The Labute approximate surface area is 67.6 Å². The third-order valence-corrected chi connectivity index (χ3v) is 3.02. The van der Waals surface area contributed by atoms with Crippen LogP contribution in [0.4, 0.5) is 0 Å². The third kappa shape index (κ3) is 1.30. The largest absolute Gasteiger partial charge is 0.394 e. The first-order chi connectivity index (χ1) is 5.37. The van der Waals surface area contributed by atoms with Crippen molar-refractivity contribution < 1.29 is 9.84 Å². The molecule has 2 fully saturated rings. The second-order valence-electron chi connectivity index (χ2n) is 3.77. The Bertz CT molecular complexity index is 136. The SMILES string of the molecule is OCC1OC12CCCCCC2. The van der Waals surface area contributed by atoms with E-state index < -0.39 is 0 Å². The predicted molar refractivity (Wildman–Crippen MR) is 42.4 cm³/mol. The van der Waals surface area contributed by atoms with Crippen molar-refractivity contribution >= 4 is 0 Å². The lowest BCUT2D eigenvalue weighted by Gasteiger charge is -2.06. The van der Waals surface area contributed by atoms with E-state index >= 15 is 0 Å². The van der Waals surface area contributed by atoms with Gasteiger partial charge in [-0.15, -0.1) is 0 Å². The van der Waals surface area contributed by atoms with E-state index in [1.54, 1.807) is 0 Å². The van der Waals surface area contributed by atoms with Crippen LogP contribution in [0, 0.1) is 0 Å². The lowest BCUT2D eigenvalue weighted by molar-refractivity contribution is 0.230. The molecule has 1 unspecified atom stereocenters. The van der Waals surface area contributed by atoms with E-state index in [-0.39, 0.29) is 18.3 Å². The van der Waals surface area contributed by atoms with Gasteiger partial charge in [0.25, 0.3) is 0 Å². The Morgan fingerprint density at radius 2 is 1.82 bits per heavy atom. The van der Waals surface area contributed by atoms with Crippen LogP contribution in [0.25, 0.3) is 0 Å². The molecule has 0 aromatic heterocycles. The number of hydrogen-bond acceptors (Lipinski definition) is 2. The summed E-state index contributed by atoms with van der Waals surface area (Å²) < 4.78 is 5.52. The highest BCUT2D eigenvalue weighted by Crippen LogP contribution is 2.46. The van der Waals surface area contributed by atoms with Crippen LogP contribution in [0.2, 0.25) is 0 Å². The molecular weight excluding hydrogens is 140 g/mol. The monoisotopic (exact) mass is 156 g/mol. The summed E-state index contributed by atoms with van der Waals surface area (Å²) in [6.07, 6.45) is 7.82. The van der Waals surface area contributed by atoms with E-state index in [2.05, 4.69) is 0 Å². The first-order valence-electron chi connectivity index (χ1n) is 4.66. The van der Waals surface area contributed by atoms with Crippen molar-refractivity contribution in [2.45, 2.75) is 50.2 Å². The molecule has 0 aromatic carbocycles.